The van der Waals surface area contributed by atoms with Gasteiger partial charge >= 0.3 is 5.97 Å². The van der Waals surface area contributed by atoms with Crippen LogP contribution in [0.1, 0.15) is 36.8 Å². The molecule has 4 heteroatoms. The van der Waals surface area contributed by atoms with Crippen LogP contribution in [0.3, 0.4) is 0 Å². The van der Waals surface area contributed by atoms with Crippen LogP contribution in [0.4, 0.5) is 0 Å². The van der Waals surface area contributed by atoms with Gasteiger partial charge in [0.15, 0.2) is 0 Å². The van der Waals surface area contributed by atoms with Gasteiger partial charge < -0.3 is 10.0 Å². The maximum atomic E-state index is 12.4. The number of rotatable bonds is 5. The number of aliphatic carboxylic acids is 1. The third kappa shape index (κ3) is 3.59. The van der Waals surface area contributed by atoms with Gasteiger partial charge in [0.25, 0.3) is 0 Å². The Hall–Kier alpha value is -1.84. The Morgan fingerprint density at radius 1 is 1.25 bits per heavy atom. The van der Waals surface area contributed by atoms with Crippen LogP contribution in [0.25, 0.3) is 0 Å². The van der Waals surface area contributed by atoms with E-state index in [0.717, 1.165) is 36.8 Å². The quantitative estimate of drug-likeness (QED) is 0.897. The van der Waals surface area contributed by atoms with Crippen molar-refractivity contribution in [3.63, 3.8) is 0 Å². The van der Waals surface area contributed by atoms with Crippen LogP contribution in [0.5, 0.6) is 0 Å². The molecule has 1 aromatic rings. The summed E-state index contributed by atoms with van der Waals surface area (Å²) in [5.41, 5.74) is 2.05. The molecule has 0 aliphatic heterocycles. The van der Waals surface area contributed by atoms with Crippen molar-refractivity contribution in [1.29, 1.82) is 0 Å². The van der Waals surface area contributed by atoms with E-state index in [2.05, 4.69) is 0 Å². The minimum Gasteiger partial charge on any atom is -0.480 e. The van der Waals surface area contributed by atoms with Crippen LogP contribution in [-0.4, -0.2) is 34.5 Å². The van der Waals surface area contributed by atoms with Crippen LogP contribution in [-0.2, 0) is 16.0 Å². The number of carbonyl (C=O) groups excluding carboxylic acids is 1. The van der Waals surface area contributed by atoms with Crippen molar-refractivity contribution in [2.24, 2.45) is 0 Å². The minimum absolute atomic E-state index is 0.0754. The summed E-state index contributed by atoms with van der Waals surface area (Å²) in [5.74, 6) is -1.01. The third-order valence-corrected chi connectivity index (χ3v) is 3.99. The lowest BCUT2D eigenvalue weighted by atomic mass is 10.0. The van der Waals surface area contributed by atoms with Crippen LogP contribution < -0.4 is 0 Å². The summed E-state index contributed by atoms with van der Waals surface area (Å²) in [4.78, 5) is 25.0. The molecule has 20 heavy (non-hydrogen) atoms. The van der Waals surface area contributed by atoms with Crippen molar-refractivity contribution in [2.45, 2.75) is 45.1 Å². The molecule has 1 aliphatic rings. The van der Waals surface area contributed by atoms with Crippen molar-refractivity contribution < 1.29 is 14.7 Å². The molecule has 0 saturated heterocycles. The standard InChI is InChI=1S/C16H21NO3/c1-12-6-2-3-7-13(12)10-15(18)17(11-16(19)20)14-8-4-5-9-14/h2-3,6-7,14H,4-5,8-11H2,1H3,(H,19,20). The zero-order valence-corrected chi connectivity index (χ0v) is 11.8. The molecule has 1 aromatic carbocycles. The van der Waals surface area contributed by atoms with E-state index in [0.29, 0.717) is 0 Å². The predicted octanol–water partition coefficient (Wildman–Crippen LogP) is 2.39. The molecule has 1 amide bonds. The first-order valence-electron chi connectivity index (χ1n) is 7.13. The molecule has 0 spiro atoms. The van der Waals surface area contributed by atoms with Crippen LogP contribution >= 0.6 is 0 Å². The highest BCUT2D eigenvalue weighted by atomic mass is 16.4. The van der Waals surface area contributed by atoms with Gasteiger partial charge in [-0.3, -0.25) is 9.59 Å². The maximum absolute atomic E-state index is 12.4. The normalized spacial score (nSPS) is 15.2. The van der Waals surface area contributed by atoms with Gasteiger partial charge in [-0.1, -0.05) is 37.1 Å². The summed E-state index contributed by atoms with van der Waals surface area (Å²) < 4.78 is 0. The molecule has 1 saturated carbocycles. The van der Waals surface area contributed by atoms with E-state index in [9.17, 15) is 9.59 Å². The summed E-state index contributed by atoms with van der Waals surface area (Å²) in [6, 6.07) is 7.85. The number of benzene rings is 1. The first-order valence-corrected chi connectivity index (χ1v) is 7.13. The molecule has 0 radical (unpaired) electrons. The molecular weight excluding hydrogens is 254 g/mol. The number of hydrogen-bond donors (Lipinski definition) is 1. The smallest absolute Gasteiger partial charge is 0.323 e. The number of carbonyl (C=O) groups is 2. The number of carboxylic acids is 1. The molecule has 0 bridgehead atoms. The summed E-state index contributed by atoms with van der Waals surface area (Å²) in [6.07, 6.45) is 4.30. The Kier molecular flexibility index (Phi) is 4.77. The minimum atomic E-state index is -0.935. The molecular formula is C16H21NO3. The fraction of sp³-hybridized carbons (Fsp3) is 0.500. The van der Waals surface area contributed by atoms with Gasteiger partial charge in [0.2, 0.25) is 5.91 Å². The van der Waals surface area contributed by atoms with Gasteiger partial charge in [-0.25, -0.2) is 0 Å². The second-order valence-corrected chi connectivity index (χ2v) is 5.46. The summed E-state index contributed by atoms with van der Waals surface area (Å²) in [6.45, 7) is 1.79. The number of nitrogens with zero attached hydrogens (tertiary/aromatic N) is 1. The number of amides is 1. The second-order valence-electron chi connectivity index (χ2n) is 5.46. The van der Waals surface area contributed by atoms with E-state index in [4.69, 9.17) is 5.11 Å². The number of hydrogen-bond acceptors (Lipinski definition) is 2. The number of aryl methyl sites for hydroxylation is 1. The molecule has 0 atom stereocenters. The van der Waals surface area contributed by atoms with Gasteiger partial charge in [0.05, 0.1) is 6.42 Å². The Balaban J connectivity index is 2.09. The van der Waals surface area contributed by atoms with Gasteiger partial charge in [-0.15, -0.1) is 0 Å². The van der Waals surface area contributed by atoms with E-state index in [1.54, 1.807) is 4.90 Å². The lowest BCUT2D eigenvalue weighted by molar-refractivity contribution is -0.145. The van der Waals surface area contributed by atoms with Crippen LogP contribution in [0.15, 0.2) is 24.3 Å². The summed E-state index contributed by atoms with van der Waals surface area (Å²) >= 11 is 0. The van der Waals surface area contributed by atoms with Crippen molar-refractivity contribution in [2.75, 3.05) is 6.54 Å². The average molecular weight is 275 g/mol. The second kappa shape index (κ2) is 6.55. The van der Waals surface area contributed by atoms with E-state index in [-0.39, 0.29) is 24.9 Å². The molecule has 0 aromatic heterocycles. The molecule has 4 nitrogen and oxygen atoms in total. The Labute approximate surface area is 119 Å². The molecule has 0 heterocycles. The first-order chi connectivity index (χ1) is 9.58. The first kappa shape index (κ1) is 14.6. The molecule has 2 rings (SSSR count). The largest absolute Gasteiger partial charge is 0.480 e. The third-order valence-electron chi connectivity index (χ3n) is 3.99. The highest BCUT2D eigenvalue weighted by Gasteiger charge is 2.28. The molecule has 1 fully saturated rings. The van der Waals surface area contributed by atoms with Crippen molar-refractivity contribution >= 4 is 11.9 Å². The molecule has 108 valence electrons. The van der Waals surface area contributed by atoms with Gasteiger partial charge in [-0.05, 0) is 30.9 Å². The van der Waals surface area contributed by atoms with E-state index in [1.165, 1.54) is 0 Å². The SMILES string of the molecule is Cc1ccccc1CC(=O)N(CC(=O)O)C1CCCC1. The van der Waals surface area contributed by atoms with Crippen molar-refractivity contribution in [1.82, 2.24) is 4.90 Å². The average Bonchev–Trinajstić information content (AvgIpc) is 2.92. The monoisotopic (exact) mass is 275 g/mol. The maximum Gasteiger partial charge on any atom is 0.323 e. The van der Waals surface area contributed by atoms with Gasteiger partial charge in [0, 0.05) is 6.04 Å². The Morgan fingerprint density at radius 2 is 1.90 bits per heavy atom. The lowest BCUT2D eigenvalue weighted by Crippen LogP contribution is -2.43. The van der Waals surface area contributed by atoms with Gasteiger partial charge in [-0.2, -0.15) is 0 Å². The lowest BCUT2D eigenvalue weighted by Gasteiger charge is -2.27. The summed E-state index contributed by atoms with van der Waals surface area (Å²) in [5, 5.41) is 9.02. The summed E-state index contributed by atoms with van der Waals surface area (Å²) in [7, 11) is 0. The zero-order chi connectivity index (χ0) is 14.5. The van der Waals surface area contributed by atoms with Crippen molar-refractivity contribution in [3.05, 3.63) is 35.4 Å². The van der Waals surface area contributed by atoms with Crippen LogP contribution in [0, 0.1) is 6.92 Å². The van der Waals surface area contributed by atoms with E-state index in [1.807, 2.05) is 31.2 Å². The molecule has 1 aliphatic carbocycles. The van der Waals surface area contributed by atoms with E-state index >= 15 is 0 Å². The predicted molar refractivity (Wildman–Crippen MR) is 76.5 cm³/mol. The fourth-order valence-corrected chi connectivity index (χ4v) is 2.86. The molecule has 1 N–H and O–H groups in total. The van der Waals surface area contributed by atoms with E-state index < -0.39 is 5.97 Å². The zero-order valence-electron chi connectivity index (χ0n) is 11.8. The fourth-order valence-electron chi connectivity index (χ4n) is 2.86. The Bertz CT molecular complexity index is 492. The highest BCUT2D eigenvalue weighted by Crippen LogP contribution is 2.24. The van der Waals surface area contributed by atoms with Crippen molar-refractivity contribution in [3.8, 4) is 0 Å². The molecule has 0 unspecified atom stereocenters. The highest BCUT2D eigenvalue weighted by molar-refractivity contribution is 5.83. The number of carboxylic acid groups (broad SMARTS) is 1. The van der Waals surface area contributed by atoms with Crippen LogP contribution in [0.2, 0.25) is 0 Å². The topological polar surface area (TPSA) is 57.6 Å². The Morgan fingerprint density at radius 3 is 2.50 bits per heavy atom. The van der Waals surface area contributed by atoms with Gasteiger partial charge in [0.1, 0.15) is 6.54 Å².